The van der Waals surface area contributed by atoms with Crippen LogP contribution >= 0.6 is 0 Å². The minimum Gasteiger partial charge on any atom is -0.452 e. The highest BCUT2D eigenvalue weighted by Crippen LogP contribution is 2.19. The van der Waals surface area contributed by atoms with Gasteiger partial charge < -0.3 is 14.8 Å². The Hall–Kier alpha value is -3.35. The second-order valence-electron chi connectivity index (χ2n) is 7.60. The first-order valence-corrected chi connectivity index (χ1v) is 9.18. The van der Waals surface area contributed by atoms with Crippen molar-refractivity contribution in [1.82, 2.24) is 0 Å². The Labute approximate surface area is 170 Å². The van der Waals surface area contributed by atoms with Gasteiger partial charge in [0.1, 0.15) is 5.60 Å². The third kappa shape index (κ3) is 6.95. The summed E-state index contributed by atoms with van der Waals surface area (Å²) >= 11 is 0. The van der Waals surface area contributed by atoms with Crippen LogP contribution in [0.4, 0.5) is 16.2 Å². The normalized spacial score (nSPS) is 10.8. The van der Waals surface area contributed by atoms with Gasteiger partial charge >= 0.3 is 12.1 Å². The van der Waals surface area contributed by atoms with Crippen molar-refractivity contribution in [1.29, 1.82) is 0 Å². The molecule has 0 aromatic heterocycles. The molecule has 154 valence electrons. The zero-order valence-corrected chi connectivity index (χ0v) is 17.3. The van der Waals surface area contributed by atoms with Crippen molar-refractivity contribution in [3.63, 3.8) is 0 Å². The molecule has 2 amide bonds. The van der Waals surface area contributed by atoms with E-state index in [4.69, 9.17) is 9.47 Å². The number of carbonyl (C=O) groups excluding carboxylic acids is 3. The Kier molecular flexibility index (Phi) is 6.98. The van der Waals surface area contributed by atoms with Crippen LogP contribution < -0.4 is 10.6 Å². The number of esters is 1. The summed E-state index contributed by atoms with van der Waals surface area (Å²) in [5.41, 5.74) is 2.50. The Morgan fingerprint density at radius 2 is 1.55 bits per heavy atom. The van der Waals surface area contributed by atoms with E-state index >= 15 is 0 Å². The second-order valence-corrected chi connectivity index (χ2v) is 7.60. The minimum atomic E-state index is -0.672. The maximum atomic E-state index is 12.3. The number of rotatable bonds is 5. The molecule has 0 radical (unpaired) electrons. The fourth-order valence-electron chi connectivity index (χ4n) is 2.55. The zero-order chi connectivity index (χ0) is 21.6. The quantitative estimate of drug-likeness (QED) is 0.726. The molecular weight excluding hydrogens is 372 g/mol. The van der Waals surface area contributed by atoms with Crippen molar-refractivity contribution in [3.8, 4) is 0 Å². The van der Waals surface area contributed by atoms with Crippen LogP contribution in [0.1, 0.15) is 42.3 Å². The molecular formula is C22H26N2O5. The van der Waals surface area contributed by atoms with Gasteiger partial charge in [-0.15, -0.1) is 0 Å². The highest BCUT2D eigenvalue weighted by molar-refractivity contribution is 5.97. The number of para-hydroxylation sites is 1. The largest absolute Gasteiger partial charge is 0.452 e. The molecule has 0 unspecified atom stereocenters. The summed E-state index contributed by atoms with van der Waals surface area (Å²) in [6.07, 6.45) is -0.629. The van der Waals surface area contributed by atoms with Crippen LogP contribution in [0.5, 0.6) is 0 Å². The molecule has 0 atom stereocenters. The van der Waals surface area contributed by atoms with Crippen LogP contribution in [0.15, 0.2) is 42.5 Å². The molecule has 7 nitrogen and oxygen atoms in total. The zero-order valence-electron chi connectivity index (χ0n) is 17.3. The van der Waals surface area contributed by atoms with Crippen LogP contribution in [0.25, 0.3) is 0 Å². The number of amides is 2. The summed E-state index contributed by atoms with van der Waals surface area (Å²) < 4.78 is 10.3. The van der Waals surface area contributed by atoms with Gasteiger partial charge in [-0.2, -0.15) is 0 Å². The van der Waals surface area contributed by atoms with Gasteiger partial charge in [-0.25, -0.2) is 9.59 Å². The predicted molar refractivity (Wildman–Crippen MR) is 111 cm³/mol. The van der Waals surface area contributed by atoms with E-state index in [1.807, 2.05) is 32.0 Å². The van der Waals surface area contributed by atoms with Crippen LogP contribution in [0, 0.1) is 13.8 Å². The second kappa shape index (κ2) is 9.23. The number of hydrogen-bond donors (Lipinski definition) is 2. The number of aryl methyl sites for hydroxylation is 2. The van der Waals surface area contributed by atoms with Gasteiger partial charge in [0.05, 0.1) is 5.56 Å². The van der Waals surface area contributed by atoms with Crippen molar-refractivity contribution in [2.75, 3.05) is 17.2 Å². The van der Waals surface area contributed by atoms with Gasteiger partial charge in [-0.3, -0.25) is 10.1 Å². The lowest BCUT2D eigenvalue weighted by Gasteiger charge is -2.19. The molecule has 0 spiro atoms. The maximum Gasteiger partial charge on any atom is 0.412 e. The Morgan fingerprint density at radius 1 is 0.931 bits per heavy atom. The van der Waals surface area contributed by atoms with Crippen molar-refractivity contribution < 1.29 is 23.9 Å². The summed E-state index contributed by atoms with van der Waals surface area (Å²) in [6, 6.07) is 11.9. The van der Waals surface area contributed by atoms with E-state index in [-0.39, 0.29) is 5.56 Å². The topological polar surface area (TPSA) is 93.7 Å². The summed E-state index contributed by atoms with van der Waals surface area (Å²) in [5, 5.41) is 5.31. The van der Waals surface area contributed by atoms with E-state index < -0.39 is 30.2 Å². The van der Waals surface area contributed by atoms with Crippen molar-refractivity contribution in [3.05, 3.63) is 59.2 Å². The van der Waals surface area contributed by atoms with E-state index in [1.165, 1.54) is 12.1 Å². The first kappa shape index (κ1) is 21.9. The molecule has 0 saturated carbocycles. The van der Waals surface area contributed by atoms with E-state index in [9.17, 15) is 14.4 Å². The molecule has 0 fully saturated rings. The average Bonchev–Trinajstić information content (AvgIpc) is 2.61. The van der Waals surface area contributed by atoms with E-state index in [0.29, 0.717) is 11.4 Å². The highest BCUT2D eigenvalue weighted by atomic mass is 16.6. The third-order valence-corrected chi connectivity index (χ3v) is 3.82. The van der Waals surface area contributed by atoms with Gasteiger partial charge in [0.2, 0.25) is 0 Å². The number of nitrogens with one attached hydrogen (secondary N) is 2. The number of carbonyl (C=O) groups is 3. The number of ether oxygens (including phenoxy) is 2. The number of benzene rings is 2. The Balaban J connectivity index is 1.94. The smallest absolute Gasteiger partial charge is 0.412 e. The molecule has 0 aliphatic heterocycles. The molecule has 29 heavy (non-hydrogen) atoms. The molecule has 2 N–H and O–H groups in total. The van der Waals surface area contributed by atoms with Crippen LogP contribution in [0.2, 0.25) is 0 Å². The lowest BCUT2D eigenvalue weighted by Crippen LogP contribution is -2.27. The molecule has 0 bridgehead atoms. The number of hydrogen-bond acceptors (Lipinski definition) is 5. The Bertz CT molecular complexity index is 895. The average molecular weight is 398 g/mol. The van der Waals surface area contributed by atoms with Crippen molar-refractivity contribution in [2.45, 2.75) is 40.2 Å². The molecule has 2 rings (SSSR count). The molecule has 0 aliphatic carbocycles. The summed E-state index contributed by atoms with van der Waals surface area (Å²) in [7, 11) is 0. The summed E-state index contributed by atoms with van der Waals surface area (Å²) in [6.45, 7) is 8.61. The van der Waals surface area contributed by atoms with E-state index in [0.717, 1.165) is 11.1 Å². The molecule has 0 saturated heterocycles. The Morgan fingerprint density at radius 3 is 2.17 bits per heavy atom. The van der Waals surface area contributed by atoms with Gasteiger partial charge in [-0.1, -0.05) is 24.3 Å². The molecule has 2 aromatic carbocycles. The van der Waals surface area contributed by atoms with Gasteiger partial charge in [0.15, 0.2) is 6.61 Å². The minimum absolute atomic E-state index is 0.207. The van der Waals surface area contributed by atoms with E-state index in [2.05, 4.69) is 10.6 Å². The first-order chi connectivity index (χ1) is 13.5. The fraction of sp³-hybridized carbons (Fsp3) is 0.318. The van der Waals surface area contributed by atoms with Crippen molar-refractivity contribution >= 4 is 29.3 Å². The van der Waals surface area contributed by atoms with Crippen LogP contribution in [-0.2, 0) is 14.3 Å². The molecule has 0 aliphatic rings. The van der Waals surface area contributed by atoms with Crippen molar-refractivity contribution in [2.24, 2.45) is 0 Å². The lowest BCUT2D eigenvalue weighted by molar-refractivity contribution is -0.119. The summed E-state index contributed by atoms with van der Waals surface area (Å²) in [4.78, 5) is 36.2. The lowest BCUT2D eigenvalue weighted by atomic mass is 10.1. The highest BCUT2D eigenvalue weighted by Gasteiger charge is 2.17. The standard InChI is InChI=1S/C22H26N2O5/c1-14-8-6-9-15(2)19(14)24-18(25)13-28-20(26)16-10-7-11-17(12-16)23-21(27)29-22(3,4)5/h6-12H,13H2,1-5H3,(H,23,27)(H,24,25). The van der Waals surface area contributed by atoms with Crippen LogP contribution in [0.3, 0.4) is 0 Å². The molecule has 7 heteroatoms. The predicted octanol–water partition coefficient (Wildman–Crippen LogP) is 4.45. The SMILES string of the molecule is Cc1cccc(C)c1NC(=O)COC(=O)c1cccc(NC(=O)OC(C)(C)C)c1. The number of anilines is 2. The summed E-state index contributed by atoms with van der Waals surface area (Å²) in [5.74, 6) is -1.10. The monoisotopic (exact) mass is 398 g/mol. The van der Waals surface area contributed by atoms with Gasteiger partial charge in [-0.05, 0) is 63.9 Å². The first-order valence-electron chi connectivity index (χ1n) is 9.18. The van der Waals surface area contributed by atoms with Gasteiger partial charge in [0, 0.05) is 11.4 Å². The van der Waals surface area contributed by atoms with Crippen LogP contribution in [-0.4, -0.2) is 30.2 Å². The molecule has 0 heterocycles. The van der Waals surface area contributed by atoms with E-state index in [1.54, 1.807) is 32.9 Å². The van der Waals surface area contributed by atoms with Gasteiger partial charge in [0.25, 0.3) is 5.91 Å². The third-order valence-electron chi connectivity index (χ3n) is 3.82. The molecule has 2 aromatic rings. The maximum absolute atomic E-state index is 12.3. The fourth-order valence-corrected chi connectivity index (χ4v) is 2.55.